The van der Waals surface area contributed by atoms with Crippen LogP contribution in [0.5, 0.6) is 0 Å². The van der Waals surface area contributed by atoms with E-state index >= 15 is 0 Å². The number of anilines is 3. The zero-order valence-electron chi connectivity index (χ0n) is 21.3. The molecule has 3 rings (SSSR count). The first kappa shape index (κ1) is 28.7. The van der Waals surface area contributed by atoms with Crippen molar-refractivity contribution in [1.29, 1.82) is 5.41 Å². The number of imidazole rings is 1. The number of rotatable bonds is 10. The summed E-state index contributed by atoms with van der Waals surface area (Å²) in [5.41, 5.74) is 7.89. The molecular formula is C23H28BrN11O4. The van der Waals surface area contributed by atoms with Gasteiger partial charge in [0.25, 0.3) is 23.6 Å². The third-order valence-electron chi connectivity index (χ3n) is 5.53. The van der Waals surface area contributed by atoms with Gasteiger partial charge in [-0.2, -0.15) is 0 Å². The van der Waals surface area contributed by atoms with Gasteiger partial charge in [-0.05, 0) is 36.7 Å². The van der Waals surface area contributed by atoms with E-state index in [0.29, 0.717) is 34.7 Å². The van der Waals surface area contributed by atoms with Crippen LogP contribution >= 0.6 is 15.9 Å². The van der Waals surface area contributed by atoms with E-state index in [1.807, 2.05) is 0 Å². The number of nitrogens with zero attached hydrogens (tertiary/aromatic N) is 1. The van der Waals surface area contributed by atoms with Gasteiger partial charge in [0.05, 0.1) is 21.6 Å². The molecule has 0 atom stereocenters. The largest absolute Gasteiger partial charge is 0.370 e. The molecule has 0 aromatic carbocycles. The van der Waals surface area contributed by atoms with Crippen LogP contribution in [0.2, 0.25) is 0 Å². The minimum Gasteiger partial charge on any atom is -0.370 e. The number of carbonyl (C=O) groups is 4. The first-order chi connectivity index (χ1) is 18.4. The fourth-order valence-corrected chi connectivity index (χ4v) is 3.51. The molecule has 16 heteroatoms. The van der Waals surface area contributed by atoms with Gasteiger partial charge in [-0.1, -0.05) is 6.58 Å². The lowest BCUT2D eigenvalue weighted by Crippen LogP contribution is -2.37. The molecule has 0 saturated carbocycles. The molecule has 0 bridgehead atoms. The molecule has 39 heavy (non-hydrogen) atoms. The normalized spacial score (nSPS) is 10.5. The van der Waals surface area contributed by atoms with Crippen LogP contribution < -0.4 is 32.3 Å². The van der Waals surface area contributed by atoms with Gasteiger partial charge in [0.2, 0.25) is 0 Å². The summed E-state index contributed by atoms with van der Waals surface area (Å²) in [4.78, 5) is 62.5. The Bertz CT molecular complexity index is 1470. The Morgan fingerprint density at radius 2 is 1.46 bits per heavy atom. The van der Waals surface area contributed by atoms with Crippen molar-refractivity contribution in [2.24, 2.45) is 5.73 Å². The Hall–Kier alpha value is -4.86. The van der Waals surface area contributed by atoms with Gasteiger partial charge in [-0.3, -0.25) is 24.6 Å². The van der Waals surface area contributed by atoms with E-state index in [1.54, 1.807) is 20.8 Å². The smallest absolute Gasteiger partial charge is 0.291 e. The molecule has 0 unspecified atom stereocenters. The van der Waals surface area contributed by atoms with Crippen LogP contribution in [-0.4, -0.2) is 62.6 Å². The van der Waals surface area contributed by atoms with Gasteiger partial charge >= 0.3 is 0 Å². The zero-order chi connectivity index (χ0) is 28.9. The summed E-state index contributed by atoms with van der Waals surface area (Å²) in [6.45, 7) is 8.99. The van der Waals surface area contributed by atoms with Crippen LogP contribution in [0.15, 0.2) is 23.5 Å². The van der Waals surface area contributed by atoms with E-state index < -0.39 is 17.7 Å². The molecule has 4 amide bonds. The van der Waals surface area contributed by atoms with Gasteiger partial charge in [0, 0.05) is 36.6 Å². The Balaban J connectivity index is 1.64. The van der Waals surface area contributed by atoms with E-state index in [0.717, 1.165) is 0 Å². The van der Waals surface area contributed by atoms with Gasteiger partial charge in [-0.25, -0.2) is 4.98 Å². The van der Waals surface area contributed by atoms with Crippen molar-refractivity contribution >= 4 is 62.7 Å². The van der Waals surface area contributed by atoms with Crippen LogP contribution in [0.4, 0.5) is 17.2 Å². The van der Waals surface area contributed by atoms with Crippen molar-refractivity contribution in [3.05, 3.63) is 57.5 Å². The first-order valence-corrected chi connectivity index (χ1v) is 12.2. The Morgan fingerprint density at radius 3 is 2.03 bits per heavy atom. The molecule has 0 aliphatic carbocycles. The SMILES string of the molecule is C=C(Br)C(=O)Nc1nc(C(=O)Nc2c[nH]c(C(=O)Nc3c[nH]c(C(=O)NCCNC(=N)N)c3C)c2C)[nH]c1C. The standard InChI is InChI=1S/C23H28BrN11O4/c1-9-13(7-29-15(9)20(37)27-5-6-28-23(25)26)32-21(38)16-10(2)14(8-30-16)33-22(39)18-31-12(4)17(34-18)35-19(36)11(3)24/h7-8,29-30H,3,5-6H2,1-2,4H3,(H,27,37)(H,31,34)(H,32,38)(H,33,39)(H,35,36)(H4,25,26,28). The van der Waals surface area contributed by atoms with Crippen molar-refractivity contribution in [2.45, 2.75) is 20.8 Å². The molecule has 11 N–H and O–H groups in total. The highest BCUT2D eigenvalue weighted by Gasteiger charge is 2.21. The predicted octanol–water partition coefficient (Wildman–Crippen LogP) is 1.56. The van der Waals surface area contributed by atoms with Gasteiger partial charge in [-0.15, -0.1) is 0 Å². The van der Waals surface area contributed by atoms with Crippen LogP contribution in [0, 0.1) is 26.2 Å². The maximum atomic E-state index is 12.9. The predicted molar refractivity (Wildman–Crippen MR) is 149 cm³/mol. The average Bonchev–Trinajstić information content (AvgIpc) is 3.54. The van der Waals surface area contributed by atoms with Crippen LogP contribution in [0.1, 0.15) is 48.4 Å². The number of nitrogens with one attached hydrogen (secondary N) is 9. The molecule has 3 aromatic rings. The lowest BCUT2D eigenvalue weighted by atomic mass is 10.2. The first-order valence-electron chi connectivity index (χ1n) is 11.5. The number of hydrogen-bond acceptors (Lipinski definition) is 6. The summed E-state index contributed by atoms with van der Waals surface area (Å²) in [6.07, 6.45) is 2.96. The summed E-state index contributed by atoms with van der Waals surface area (Å²) in [5, 5.41) is 20.3. The molecule has 0 aliphatic rings. The van der Waals surface area contributed by atoms with Crippen LogP contribution in [-0.2, 0) is 4.79 Å². The molecule has 15 nitrogen and oxygen atoms in total. The lowest BCUT2D eigenvalue weighted by Gasteiger charge is -2.07. The number of carbonyl (C=O) groups excluding carboxylic acids is 4. The third kappa shape index (κ3) is 6.92. The quantitative estimate of drug-likeness (QED) is 0.0710. The molecule has 206 valence electrons. The number of guanidine groups is 1. The van der Waals surface area contributed by atoms with Crippen LogP contribution in [0.3, 0.4) is 0 Å². The maximum absolute atomic E-state index is 12.9. The third-order valence-corrected chi connectivity index (χ3v) is 5.89. The highest BCUT2D eigenvalue weighted by molar-refractivity contribution is 9.12. The van der Waals surface area contributed by atoms with Crippen molar-refractivity contribution in [2.75, 3.05) is 29.0 Å². The molecule has 0 spiro atoms. The van der Waals surface area contributed by atoms with Crippen LogP contribution in [0.25, 0.3) is 0 Å². The van der Waals surface area contributed by atoms with Gasteiger partial charge in [0.15, 0.2) is 17.6 Å². The Labute approximate surface area is 230 Å². The van der Waals surface area contributed by atoms with E-state index in [-0.39, 0.29) is 45.9 Å². The molecule has 3 aromatic heterocycles. The van der Waals surface area contributed by atoms with Crippen molar-refractivity contribution in [1.82, 2.24) is 30.6 Å². The highest BCUT2D eigenvalue weighted by atomic mass is 79.9. The molecule has 0 radical (unpaired) electrons. The monoisotopic (exact) mass is 601 g/mol. The van der Waals surface area contributed by atoms with E-state index in [1.165, 1.54) is 12.4 Å². The number of aromatic amines is 3. The lowest BCUT2D eigenvalue weighted by molar-refractivity contribution is -0.112. The van der Waals surface area contributed by atoms with E-state index in [4.69, 9.17) is 11.1 Å². The summed E-state index contributed by atoms with van der Waals surface area (Å²) in [5.74, 6) is -2.00. The number of nitrogens with two attached hydrogens (primary N) is 1. The average molecular weight is 602 g/mol. The second-order valence-corrected chi connectivity index (χ2v) is 9.28. The van der Waals surface area contributed by atoms with E-state index in [9.17, 15) is 19.2 Å². The highest BCUT2D eigenvalue weighted by Crippen LogP contribution is 2.23. The minimum absolute atomic E-state index is 0.0413. The van der Waals surface area contributed by atoms with Gasteiger partial charge in [0.1, 0.15) is 11.4 Å². The summed E-state index contributed by atoms with van der Waals surface area (Å²) < 4.78 is 0.109. The number of hydrogen-bond donors (Lipinski definition) is 10. The minimum atomic E-state index is -0.582. The summed E-state index contributed by atoms with van der Waals surface area (Å²) in [6, 6.07) is 0. The second kappa shape index (κ2) is 12.1. The molecular weight excluding hydrogens is 574 g/mol. The van der Waals surface area contributed by atoms with Crippen molar-refractivity contribution < 1.29 is 19.2 Å². The molecule has 3 heterocycles. The fourth-order valence-electron chi connectivity index (χ4n) is 3.42. The van der Waals surface area contributed by atoms with Crippen molar-refractivity contribution in [3.63, 3.8) is 0 Å². The number of H-pyrrole nitrogens is 3. The number of amides is 4. The Morgan fingerprint density at radius 1 is 0.923 bits per heavy atom. The Kier molecular flexibility index (Phi) is 8.92. The molecule has 0 saturated heterocycles. The molecule has 0 fully saturated rings. The molecule has 0 aliphatic heterocycles. The summed E-state index contributed by atoms with van der Waals surface area (Å²) in [7, 11) is 0. The van der Waals surface area contributed by atoms with E-state index in [2.05, 4.69) is 69.0 Å². The van der Waals surface area contributed by atoms with Gasteiger partial charge < -0.3 is 47.3 Å². The maximum Gasteiger partial charge on any atom is 0.291 e. The number of halogens is 1. The number of aryl methyl sites for hydroxylation is 1. The van der Waals surface area contributed by atoms with Crippen molar-refractivity contribution in [3.8, 4) is 0 Å². The second-order valence-electron chi connectivity index (χ2n) is 8.33. The fraction of sp³-hybridized carbons (Fsp3) is 0.217. The summed E-state index contributed by atoms with van der Waals surface area (Å²) >= 11 is 2.98. The zero-order valence-corrected chi connectivity index (χ0v) is 22.9. The number of aromatic nitrogens is 4. The topological polar surface area (TPSA) is 239 Å².